The normalized spacial score (nSPS) is 19.5. The van der Waals surface area contributed by atoms with Gasteiger partial charge in [-0.3, -0.25) is 9.59 Å². The molecule has 1 heterocycles. The predicted octanol–water partition coefficient (Wildman–Crippen LogP) is 2.01. The van der Waals surface area contributed by atoms with Crippen LogP contribution in [0.25, 0.3) is 0 Å². The van der Waals surface area contributed by atoms with E-state index in [2.05, 4.69) is 0 Å². The van der Waals surface area contributed by atoms with Crippen LogP contribution in [0.4, 0.5) is 0 Å². The van der Waals surface area contributed by atoms with Crippen LogP contribution in [0, 0.1) is 5.41 Å². The fraction of sp³-hybridized carbons (Fsp3) is 0.429. The summed E-state index contributed by atoms with van der Waals surface area (Å²) in [5, 5.41) is 0. The molecule has 0 atom stereocenters. The molecule has 0 N–H and O–H groups in total. The molecule has 1 aliphatic heterocycles. The number of ketones is 1. The second-order valence-corrected chi connectivity index (χ2v) is 5.01. The molecule has 0 unspecified atom stereocenters. The van der Waals surface area contributed by atoms with Crippen molar-refractivity contribution in [3.05, 3.63) is 35.9 Å². The minimum atomic E-state index is -0.854. The van der Waals surface area contributed by atoms with Gasteiger partial charge in [0.15, 0.2) is 0 Å². The van der Waals surface area contributed by atoms with Crippen molar-refractivity contribution < 1.29 is 9.59 Å². The molecule has 1 aromatic rings. The lowest BCUT2D eigenvalue weighted by atomic mass is 9.81. The molecule has 1 amide bonds. The molecule has 1 fully saturated rings. The van der Waals surface area contributed by atoms with Crippen molar-refractivity contribution in [2.75, 3.05) is 6.54 Å². The Balaban J connectivity index is 2.13. The van der Waals surface area contributed by atoms with Gasteiger partial charge in [0.05, 0.1) is 0 Å². The van der Waals surface area contributed by atoms with Crippen molar-refractivity contribution in [1.82, 2.24) is 4.90 Å². The monoisotopic (exact) mass is 231 g/mol. The van der Waals surface area contributed by atoms with E-state index in [4.69, 9.17) is 0 Å². The van der Waals surface area contributed by atoms with Crippen LogP contribution >= 0.6 is 0 Å². The number of Topliss-reactive ketones (excluding diaryl/α,β-unsaturated/α-hetero) is 1. The van der Waals surface area contributed by atoms with Crippen molar-refractivity contribution in [1.29, 1.82) is 0 Å². The first-order chi connectivity index (χ1) is 8.01. The van der Waals surface area contributed by atoms with Gasteiger partial charge in [-0.25, -0.2) is 0 Å². The molecular formula is C14H17NO2. The molecule has 1 saturated heterocycles. The van der Waals surface area contributed by atoms with E-state index in [1.165, 1.54) is 0 Å². The van der Waals surface area contributed by atoms with E-state index in [1.54, 1.807) is 18.7 Å². The van der Waals surface area contributed by atoms with E-state index in [1.807, 2.05) is 30.3 Å². The average molecular weight is 231 g/mol. The molecule has 90 valence electrons. The minimum Gasteiger partial charge on any atom is -0.337 e. The fourth-order valence-electron chi connectivity index (χ4n) is 2.12. The maximum atomic E-state index is 12.2. The molecule has 0 spiro atoms. The van der Waals surface area contributed by atoms with Gasteiger partial charge >= 0.3 is 0 Å². The zero-order chi connectivity index (χ0) is 12.5. The van der Waals surface area contributed by atoms with E-state index < -0.39 is 5.41 Å². The highest BCUT2D eigenvalue weighted by Crippen LogP contribution is 2.27. The Bertz CT molecular complexity index is 437. The van der Waals surface area contributed by atoms with Crippen LogP contribution in [0.15, 0.2) is 30.3 Å². The SMILES string of the molecule is CC1(C)C(=O)CCN(Cc2ccccc2)C1=O. The minimum absolute atomic E-state index is 0.0480. The number of amides is 1. The summed E-state index contributed by atoms with van der Waals surface area (Å²) in [6, 6.07) is 9.86. The van der Waals surface area contributed by atoms with E-state index in [9.17, 15) is 9.59 Å². The van der Waals surface area contributed by atoms with Crippen molar-refractivity contribution in [2.45, 2.75) is 26.8 Å². The number of rotatable bonds is 2. The highest BCUT2D eigenvalue weighted by atomic mass is 16.2. The van der Waals surface area contributed by atoms with Gasteiger partial charge in [0.25, 0.3) is 0 Å². The van der Waals surface area contributed by atoms with Gasteiger partial charge in [0, 0.05) is 19.5 Å². The van der Waals surface area contributed by atoms with Crippen LogP contribution < -0.4 is 0 Å². The largest absolute Gasteiger partial charge is 0.337 e. The molecule has 1 aliphatic rings. The highest BCUT2D eigenvalue weighted by Gasteiger charge is 2.42. The maximum absolute atomic E-state index is 12.2. The number of piperidine rings is 1. The first-order valence-corrected chi connectivity index (χ1v) is 5.88. The molecule has 17 heavy (non-hydrogen) atoms. The molecule has 0 aliphatic carbocycles. The van der Waals surface area contributed by atoms with E-state index >= 15 is 0 Å². The number of hydrogen-bond acceptors (Lipinski definition) is 2. The third-order valence-electron chi connectivity index (χ3n) is 3.34. The zero-order valence-corrected chi connectivity index (χ0v) is 10.3. The molecule has 3 nitrogen and oxygen atoms in total. The summed E-state index contributed by atoms with van der Waals surface area (Å²) in [6.07, 6.45) is 0.464. The lowest BCUT2D eigenvalue weighted by Gasteiger charge is -2.36. The van der Waals surface area contributed by atoms with Gasteiger partial charge in [0.1, 0.15) is 11.2 Å². The number of carbonyl (C=O) groups excluding carboxylic acids is 2. The van der Waals surface area contributed by atoms with Crippen molar-refractivity contribution in [2.24, 2.45) is 5.41 Å². The smallest absolute Gasteiger partial charge is 0.236 e. The summed E-state index contributed by atoms with van der Waals surface area (Å²) in [7, 11) is 0. The summed E-state index contributed by atoms with van der Waals surface area (Å²) < 4.78 is 0. The van der Waals surface area contributed by atoms with E-state index in [-0.39, 0.29) is 11.7 Å². The quantitative estimate of drug-likeness (QED) is 0.730. The van der Waals surface area contributed by atoms with Gasteiger partial charge in [-0.15, -0.1) is 0 Å². The molecule has 0 aromatic heterocycles. The van der Waals surface area contributed by atoms with E-state index in [0.717, 1.165) is 5.56 Å². The Kier molecular flexibility index (Phi) is 3.01. The molecule has 0 radical (unpaired) electrons. The summed E-state index contributed by atoms with van der Waals surface area (Å²) in [5.74, 6) is -0.00980. The lowest BCUT2D eigenvalue weighted by molar-refractivity contribution is -0.152. The van der Waals surface area contributed by atoms with E-state index in [0.29, 0.717) is 19.5 Å². The molecular weight excluding hydrogens is 214 g/mol. The second-order valence-electron chi connectivity index (χ2n) is 5.01. The second kappa shape index (κ2) is 4.32. The number of hydrogen-bond donors (Lipinski definition) is 0. The Morgan fingerprint density at radius 2 is 1.82 bits per heavy atom. The van der Waals surface area contributed by atoms with Gasteiger partial charge in [-0.1, -0.05) is 30.3 Å². The first-order valence-electron chi connectivity index (χ1n) is 5.88. The third-order valence-corrected chi connectivity index (χ3v) is 3.34. The van der Waals surface area contributed by atoms with Crippen molar-refractivity contribution >= 4 is 11.7 Å². The Labute approximate surface area is 101 Å². The fourth-order valence-corrected chi connectivity index (χ4v) is 2.12. The molecule has 3 heteroatoms. The van der Waals surface area contributed by atoms with Gasteiger partial charge in [-0.2, -0.15) is 0 Å². The Hall–Kier alpha value is -1.64. The summed E-state index contributed by atoms with van der Waals surface area (Å²) in [6.45, 7) is 4.57. The first kappa shape index (κ1) is 11.8. The summed E-state index contributed by atoms with van der Waals surface area (Å²) >= 11 is 0. The highest BCUT2D eigenvalue weighted by molar-refractivity contribution is 6.07. The topological polar surface area (TPSA) is 37.4 Å². The molecule has 0 bridgehead atoms. The van der Waals surface area contributed by atoms with Crippen LogP contribution in [-0.2, 0) is 16.1 Å². The Morgan fingerprint density at radius 1 is 1.18 bits per heavy atom. The van der Waals surface area contributed by atoms with Crippen LogP contribution in [0.3, 0.4) is 0 Å². The van der Waals surface area contributed by atoms with Crippen LogP contribution in [0.5, 0.6) is 0 Å². The molecule has 2 rings (SSSR count). The zero-order valence-electron chi connectivity index (χ0n) is 10.3. The average Bonchev–Trinajstić information content (AvgIpc) is 2.32. The van der Waals surface area contributed by atoms with Crippen molar-refractivity contribution in [3.63, 3.8) is 0 Å². The molecule has 1 aromatic carbocycles. The maximum Gasteiger partial charge on any atom is 0.236 e. The van der Waals surface area contributed by atoms with Crippen LogP contribution in [0.2, 0.25) is 0 Å². The predicted molar refractivity (Wildman–Crippen MR) is 65.3 cm³/mol. The van der Waals surface area contributed by atoms with Crippen LogP contribution in [0.1, 0.15) is 25.8 Å². The number of likely N-dealkylation sites (tertiary alicyclic amines) is 1. The van der Waals surface area contributed by atoms with Gasteiger partial charge < -0.3 is 4.90 Å². The molecule has 0 saturated carbocycles. The number of carbonyl (C=O) groups is 2. The third kappa shape index (κ3) is 2.23. The number of benzene rings is 1. The number of nitrogens with zero attached hydrogens (tertiary/aromatic N) is 1. The van der Waals surface area contributed by atoms with Gasteiger partial charge in [-0.05, 0) is 19.4 Å². The standard InChI is InChI=1S/C14H17NO2/c1-14(2)12(16)8-9-15(13(14)17)10-11-6-4-3-5-7-11/h3-7H,8-10H2,1-2H3. The van der Waals surface area contributed by atoms with Gasteiger partial charge in [0.2, 0.25) is 5.91 Å². The lowest BCUT2D eigenvalue weighted by Crippen LogP contribution is -2.50. The van der Waals surface area contributed by atoms with Crippen molar-refractivity contribution in [3.8, 4) is 0 Å². The Morgan fingerprint density at radius 3 is 2.47 bits per heavy atom. The summed E-state index contributed by atoms with van der Waals surface area (Å²) in [5.41, 5.74) is 0.249. The van der Waals surface area contributed by atoms with Crippen LogP contribution in [-0.4, -0.2) is 23.1 Å². The summed E-state index contributed by atoms with van der Waals surface area (Å²) in [4.78, 5) is 25.6.